The van der Waals surface area contributed by atoms with E-state index in [1.54, 1.807) is 0 Å². The van der Waals surface area contributed by atoms with E-state index in [0.29, 0.717) is 0 Å². The number of hydrogen-bond acceptors (Lipinski definition) is 3. The Morgan fingerprint density at radius 3 is 1.90 bits per heavy atom. The first-order valence-electron chi connectivity index (χ1n) is 4.76. The van der Waals surface area contributed by atoms with E-state index in [9.17, 15) is 45.2 Å². The summed E-state index contributed by atoms with van der Waals surface area (Å²) in [5, 5.41) is 10.5. The van der Waals surface area contributed by atoms with Crippen molar-refractivity contribution in [1.82, 2.24) is 0 Å². The second-order valence-electron chi connectivity index (χ2n) is 3.47. The van der Waals surface area contributed by atoms with E-state index < -0.39 is 46.5 Å². The summed E-state index contributed by atoms with van der Waals surface area (Å²) >= 11 is 0. The molecule has 0 aromatic heterocycles. The lowest BCUT2D eigenvalue weighted by Gasteiger charge is -2.18. The topological polar surface area (TPSA) is 52.4 Å². The number of benzene rings is 1. The van der Waals surface area contributed by atoms with Crippen LogP contribution in [0.3, 0.4) is 0 Å². The fourth-order valence-corrected chi connectivity index (χ4v) is 1.44. The highest BCUT2D eigenvalue weighted by Gasteiger charge is 2.48. The summed E-state index contributed by atoms with van der Waals surface area (Å²) in [5.41, 5.74) is -6.70. The van der Waals surface area contributed by atoms with Gasteiger partial charge in [0.2, 0.25) is 5.75 Å². The van der Waals surface area contributed by atoms with Crippen LogP contribution in [-0.2, 0) is 12.4 Å². The summed E-state index contributed by atoms with van der Waals surface area (Å²) in [5.74, 6) is -2.18. The number of nitro groups is 1. The molecule has 4 nitrogen and oxygen atoms in total. The maximum absolute atomic E-state index is 12.7. The third kappa shape index (κ3) is 3.70. The molecule has 0 aliphatic heterocycles. The molecular formula is C9H3F8NO3. The SMILES string of the molecule is O=[N+]([O-])c1ccc(C(F)(F)F)c(C(F)(F)F)c1OC(F)F. The molecule has 118 valence electrons. The minimum atomic E-state index is -5.79. The molecule has 1 aromatic carbocycles. The third-order valence-electron chi connectivity index (χ3n) is 2.13. The van der Waals surface area contributed by atoms with Crippen LogP contribution in [0.25, 0.3) is 0 Å². The van der Waals surface area contributed by atoms with Crippen LogP contribution >= 0.6 is 0 Å². The van der Waals surface area contributed by atoms with Crippen LogP contribution < -0.4 is 4.74 Å². The van der Waals surface area contributed by atoms with Crippen LogP contribution in [0.2, 0.25) is 0 Å². The maximum atomic E-state index is 12.7. The van der Waals surface area contributed by atoms with E-state index >= 15 is 0 Å². The number of nitrogens with zero attached hydrogens (tertiary/aromatic N) is 1. The quantitative estimate of drug-likeness (QED) is 0.475. The van der Waals surface area contributed by atoms with Crippen LogP contribution in [0.15, 0.2) is 12.1 Å². The van der Waals surface area contributed by atoms with Crippen LogP contribution in [0.5, 0.6) is 5.75 Å². The Hall–Kier alpha value is -2.14. The van der Waals surface area contributed by atoms with Gasteiger partial charge >= 0.3 is 24.7 Å². The van der Waals surface area contributed by atoms with E-state index in [0.717, 1.165) is 0 Å². The summed E-state index contributed by atoms with van der Waals surface area (Å²) < 4.78 is 103. The Kier molecular flexibility index (Phi) is 4.29. The molecule has 0 aliphatic carbocycles. The van der Waals surface area contributed by atoms with Crippen molar-refractivity contribution in [3.63, 3.8) is 0 Å². The van der Waals surface area contributed by atoms with Crippen molar-refractivity contribution in [3.05, 3.63) is 33.4 Å². The fourth-order valence-electron chi connectivity index (χ4n) is 1.44. The second kappa shape index (κ2) is 5.33. The zero-order chi connectivity index (χ0) is 16.6. The molecule has 0 unspecified atom stereocenters. The van der Waals surface area contributed by atoms with Gasteiger partial charge in [0.1, 0.15) is 5.56 Å². The first-order chi connectivity index (χ1) is 9.35. The van der Waals surface area contributed by atoms with Crippen molar-refractivity contribution < 1.29 is 44.8 Å². The smallest absolute Gasteiger partial charge is 0.420 e. The highest BCUT2D eigenvalue weighted by molar-refractivity contribution is 5.57. The van der Waals surface area contributed by atoms with Crippen molar-refractivity contribution >= 4 is 5.69 Å². The first kappa shape index (κ1) is 16.9. The molecule has 0 radical (unpaired) electrons. The highest BCUT2D eigenvalue weighted by Crippen LogP contribution is 2.48. The van der Waals surface area contributed by atoms with Gasteiger partial charge in [-0.1, -0.05) is 0 Å². The van der Waals surface area contributed by atoms with E-state index in [-0.39, 0.29) is 12.1 Å². The zero-order valence-corrected chi connectivity index (χ0v) is 9.43. The molecule has 1 rings (SSSR count). The monoisotopic (exact) mass is 325 g/mol. The minimum absolute atomic E-state index is 0.00970. The second-order valence-corrected chi connectivity index (χ2v) is 3.47. The Morgan fingerprint density at radius 1 is 1.05 bits per heavy atom. The van der Waals surface area contributed by atoms with Crippen molar-refractivity contribution in [2.45, 2.75) is 19.0 Å². The first-order valence-corrected chi connectivity index (χ1v) is 4.76. The van der Waals surface area contributed by atoms with Gasteiger partial charge in [-0.3, -0.25) is 10.1 Å². The van der Waals surface area contributed by atoms with Crippen molar-refractivity contribution in [2.24, 2.45) is 0 Å². The van der Waals surface area contributed by atoms with Gasteiger partial charge in [0.05, 0.1) is 10.5 Å². The number of nitro benzene ring substituents is 1. The molecule has 0 amide bonds. The molecule has 0 heterocycles. The van der Waals surface area contributed by atoms with Crippen molar-refractivity contribution in [3.8, 4) is 5.75 Å². The molecule has 0 aliphatic rings. The molecule has 1 aromatic rings. The average Bonchev–Trinajstić information content (AvgIpc) is 2.24. The maximum Gasteiger partial charge on any atom is 0.420 e. The lowest BCUT2D eigenvalue weighted by atomic mass is 10.0. The van der Waals surface area contributed by atoms with E-state index in [4.69, 9.17) is 0 Å². The number of hydrogen-bond donors (Lipinski definition) is 0. The molecule has 12 heteroatoms. The van der Waals surface area contributed by atoms with Gasteiger partial charge in [0.15, 0.2) is 0 Å². The zero-order valence-electron chi connectivity index (χ0n) is 9.43. The van der Waals surface area contributed by atoms with Gasteiger partial charge in [0, 0.05) is 6.07 Å². The Labute approximate surface area is 110 Å². The van der Waals surface area contributed by atoms with Crippen LogP contribution in [0.1, 0.15) is 11.1 Å². The van der Waals surface area contributed by atoms with E-state index in [2.05, 4.69) is 4.74 Å². The van der Waals surface area contributed by atoms with Gasteiger partial charge in [-0.25, -0.2) is 0 Å². The predicted octanol–water partition coefficient (Wildman–Crippen LogP) is 4.23. The lowest BCUT2D eigenvalue weighted by Crippen LogP contribution is -2.20. The Bertz CT molecular complexity index is 551. The summed E-state index contributed by atoms with van der Waals surface area (Å²) in [6.45, 7) is -3.98. The molecule has 0 N–H and O–H groups in total. The number of alkyl halides is 8. The van der Waals surface area contributed by atoms with Gasteiger partial charge in [-0.2, -0.15) is 35.1 Å². The number of halogens is 8. The van der Waals surface area contributed by atoms with E-state index in [1.165, 1.54) is 0 Å². The molecule has 0 bridgehead atoms. The largest absolute Gasteiger partial charge is 0.427 e. The Morgan fingerprint density at radius 2 is 1.57 bits per heavy atom. The van der Waals surface area contributed by atoms with Gasteiger partial charge in [0.25, 0.3) is 0 Å². The highest BCUT2D eigenvalue weighted by atomic mass is 19.4. The normalized spacial score (nSPS) is 12.6. The van der Waals surface area contributed by atoms with Crippen molar-refractivity contribution in [1.29, 1.82) is 0 Å². The fraction of sp³-hybridized carbons (Fsp3) is 0.333. The number of ether oxygens (including phenoxy) is 1. The Balaban J connectivity index is 3.78. The van der Waals surface area contributed by atoms with Crippen LogP contribution in [-0.4, -0.2) is 11.5 Å². The predicted molar refractivity (Wildman–Crippen MR) is 49.7 cm³/mol. The molecule has 0 fully saturated rings. The average molecular weight is 325 g/mol. The third-order valence-corrected chi connectivity index (χ3v) is 2.13. The van der Waals surface area contributed by atoms with E-state index in [1.807, 2.05) is 0 Å². The molecular weight excluding hydrogens is 322 g/mol. The van der Waals surface area contributed by atoms with Gasteiger partial charge < -0.3 is 4.74 Å². The minimum Gasteiger partial charge on any atom is -0.427 e. The molecule has 0 saturated heterocycles. The van der Waals surface area contributed by atoms with Crippen LogP contribution in [0, 0.1) is 10.1 Å². The van der Waals surface area contributed by atoms with Crippen molar-refractivity contribution in [2.75, 3.05) is 0 Å². The lowest BCUT2D eigenvalue weighted by molar-refractivity contribution is -0.386. The van der Waals surface area contributed by atoms with Gasteiger partial charge in [-0.15, -0.1) is 0 Å². The molecule has 21 heavy (non-hydrogen) atoms. The summed E-state index contributed by atoms with van der Waals surface area (Å²) in [6.07, 6.45) is -11.4. The van der Waals surface area contributed by atoms with Crippen LogP contribution in [0.4, 0.5) is 40.8 Å². The van der Waals surface area contributed by atoms with Gasteiger partial charge in [-0.05, 0) is 6.07 Å². The summed E-state index contributed by atoms with van der Waals surface area (Å²) in [6, 6.07) is -0.213. The summed E-state index contributed by atoms with van der Waals surface area (Å²) in [4.78, 5) is 8.91. The standard InChI is InChI=1S/C9H3F8NO3/c10-7(11)21-6-4(18(19)20)2-1-3(8(12,13)14)5(6)9(15,16)17/h1-2,7H. The molecule has 0 spiro atoms. The summed E-state index contributed by atoms with van der Waals surface area (Å²) in [7, 11) is 0. The number of rotatable bonds is 3. The molecule has 0 saturated carbocycles. The molecule has 0 atom stereocenters.